The molecule has 0 aliphatic carbocycles. The van der Waals surface area contributed by atoms with E-state index in [9.17, 15) is 13.2 Å². The fraction of sp³-hybridized carbons (Fsp3) is 0.435. The molecule has 0 saturated carbocycles. The third kappa shape index (κ3) is 4.66. The minimum Gasteiger partial charge on any atom is -0.497 e. The molecule has 2 atom stereocenters. The quantitative estimate of drug-likeness (QED) is 0.709. The lowest BCUT2D eigenvalue weighted by Crippen LogP contribution is -2.42. The number of hydrogen-bond donors (Lipinski definition) is 2. The molecule has 0 bridgehead atoms. The zero-order valence-corrected chi connectivity index (χ0v) is 19.3. The second-order valence-corrected chi connectivity index (χ2v) is 10.2. The van der Waals surface area contributed by atoms with Crippen molar-refractivity contribution in [1.82, 2.24) is 20.1 Å². The molecule has 2 aromatic carbocycles. The van der Waals surface area contributed by atoms with E-state index in [1.165, 1.54) is 4.31 Å². The van der Waals surface area contributed by atoms with Crippen LogP contribution < -0.4 is 15.6 Å². The van der Waals surface area contributed by atoms with Gasteiger partial charge in [0.15, 0.2) is 0 Å². The van der Waals surface area contributed by atoms with Gasteiger partial charge in [0, 0.05) is 32.7 Å². The second kappa shape index (κ2) is 9.58. The first-order valence-corrected chi connectivity index (χ1v) is 12.3. The molecule has 2 heterocycles. The van der Waals surface area contributed by atoms with E-state index in [1.54, 1.807) is 36.3 Å². The van der Waals surface area contributed by atoms with Gasteiger partial charge < -0.3 is 9.64 Å². The Morgan fingerprint density at radius 1 is 1.00 bits per heavy atom. The number of aryl methyl sites for hydroxylation is 1. The number of nitrogens with zero attached hydrogens (tertiary/aromatic N) is 2. The number of benzene rings is 2. The monoisotopic (exact) mass is 458 g/mol. The SMILES string of the molecule is COc1ccc(C2NNCC2C(=O)N2CCCN(S(=O)(=O)c3ccc(C)cc3)CC2)cc1. The van der Waals surface area contributed by atoms with Crippen molar-refractivity contribution in [2.75, 3.05) is 39.8 Å². The van der Waals surface area contributed by atoms with Crippen LogP contribution >= 0.6 is 0 Å². The first kappa shape index (κ1) is 22.7. The first-order valence-electron chi connectivity index (χ1n) is 10.9. The Kier molecular flexibility index (Phi) is 6.80. The minimum atomic E-state index is -3.57. The zero-order chi connectivity index (χ0) is 22.7. The van der Waals surface area contributed by atoms with Crippen molar-refractivity contribution >= 4 is 15.9 Å². The number of carbonyl (C=O) groups excluding carboxylic acids is 1. The van der Waals surface area contributed by atoms with Gasteiger partial charge in [-0.05, 0) is 43.2 Å². The number of carbonyl (C=O) groups is 1. The maximum absolute atomic E-state index is 13.4. The normalized spacial score (nSPS) is 22.5. The van der Waals surface area contributed by atoms with Crippen LogP contribution in [0.1, 0.15) is 23.6 Å². The lowest BCUT2D eigenvalue weighted by Gasteiger charge is -2.27. The predicted molar refractivity (Wildman–Crippen MR) is 121 cm³/mol. The van der Waals surface area contributed by atoms with Crippen molar-refractivity contribution < 1.29 is 17.9 Å². The summed E-state index contributed by atoms with van der Waals surface area (Å²) in [5, 5.41) is 0. The molecular weight excluding hydrogens is 428 g/mol. The molecule has 2 unspecified atom stereocenters. The fourth-order valence-electron chi connectivity index (χ4n) is 4.30. The number of hydrazine groups is 1. The molecule has 172 valence electrons. The maximum atomic E-state index is 13.4. The number of sulfonamides is 1. The molecule has 2 aromatic rings. The highest BCUT2D eigenvalue weighted by Gasteiger charge is 2.37. The van der Waals surface area contributed by atoms with Gasteiger partial charge in [-0.3, -0.25) is 10.2 Å². The highest BCUT2D eigenvalue weighted by Crippen LogP contribution is 2.28. The average Bonchev–Trinajstić information content (AvgIpc) is 3.15. The molecular formula is C23H30N4O4S. The third-order valence-corrected chi connectivity index (χ3v) is 8.11. The van der Waals surface area contributed by atoms with Crippen molar-refractivity contribution in [3.05, 3.63) is 59.7 Å². The first-order chi connectivity index (χ1) is 15.4. The van der Waals surface area contributed by atoms with E-state index in [-0.39, 0.29) is 17.9 Å². The Hall–Kier alpha value is -2.46. The van der Waals surface area contributed by atoms with Crippen molar-refractivity contribution in [3.63, 3.8) is 0 Å². The van der Waals surface area contributed by atoms with Gasteiger partial charge in [0.1, 0.15) is 5.75 Å². The maximum Gasteiger partial charge on any atom is 0.243 e. The predicted octanol–water partition coefficient (Wildman–Crippen LogP) is 1.69. The largest absolute Gasteiger partial charge is 0.497 e. The Balaban J connectivity index is 1.44. The summed E-state index contributed by atoms with van der Waals surface area (Å²) in [7, 11) is -1.95. The van der Waals surface area contributed by atoms with Crippen LogP contribution in [0.4, 0.5) is 0 Å². The summed E-state index contributed by atoms with van der Waals surface area (Å²) in [6.07, 6.45) is 0.609. The number of hydrogen-bond acceptors (Lipinski definition) is 6. The zero-order valence-electron chi connectivity index (χ0n) is 18.5. The number of amides is 1. The second-order valence-electron chi connectivity index (χ2n) is 8.28. The fourth-order valence-corrected chi connectivity index (χ4v) is 5.77. The number of rotatable bonds is 5. The van der Waals surface area contributed by atoms with E-state index < -0.39 is 10.0 Å². The molecule has 2 aliphatic heterocycles. The Morgan fingerprint density at radius 3 is 2.41 bits per heavy atom. The van der Waals surface area contributed by atoms with Crippen molar-refractivity contribution in [2.24, 2.45) is 5.92 Å². The summed E-state index contributed by atoms with van der Waals surface area (Å²) in [5.41, 5.74) is 8.34. The average molecular weight is 459 g/mol. The molecule has 2 N–H and O–H groups in total. The van der Waals surface area contributed by atoms with Gasteiger partial charge in [-0.15, -0.1) is 0 Å². The number of nitrogens with one attached hydrogen (secondary N) is 2. The summed E-state index contributed by atoms with van der Waals surface area (Å²) in [4.78, 5) is 15.5. The van der Waals surface area contributed by atoms with Gasteiger partial charge in [0.25, 0.3) is 0 Å². The van der Waals surface area contributed by atoms with Crippen LogP contribution in [0, 0.1) is 12.8 Å². The van der Waals surface area contributed by atoms with Gasteiger partial charge >= 0.3 is 0 Å². The van der Waals surface area contributed by atoms with Crippen molar-refractivity contribution in [3.8, 4) is 5.75 Å². The molecule has 4 rings (SSSR count). The smallest absolute Gasteiger partial charge is 0.243 e. The number of ether oxygens (including phenoxy) is 1. The van der Waals surface area contributed by atoms with Crippen LogP contribution in [-0.4, -0.2) is 63.4 Å². The van der Waals surface area contributed by atoms with E-state index in [2.05, 4.69) is 10.9 Å². The molecule has 32 heavy (non-hydrogen) atoms. The molecule has 1 amide bonds. The molecule has 0 radical (unpaired) electrons. The van der Waals surface area contributed by atoms with E-state index in [0.717, 1.165) is 16.9 Å². The summed E-state index contributed by atoms with van der Waals surface area (Å²) < 4.78 is 32.9. The van der Waals surface area contributed by atoms with Gasteiger partial charge in [-0.1, -0.05) is 29.8 Å². The molecule has 2 saturated heterocycles. The standard InChI is InChI=1S/C23H30N4O4S/c1-17-4-10-20(11-5-17)32(29,30)27-13-3-12-26(14-15-27)23(28)21-16-24-25-22(21)18-6-8-19(31-2)9-7-18/h4-11,21-22,24-25H,3,12-16H2,1-2H3. The highest BCUT2D eigenvalue weighted by atomic mass is 32.2. The third-order valence-electron chi connectivity index (χ3n) is 6.20. The van der Waals surface area contributed by atoms with E-state index >= 15 is 0 Å². The van der Waals surface area contributed by atoms with Crippen LogP contribution in [0.5, 0.6) is 5.75 Å². The lowest BCUT2D eigenvalue weighted by atomic mass is 9.93. The van der Waals surface area contributed by atoms with Gasteiger partial charge in [-0.2, -0.15) is 4.31 Å². The molecule has 9 heteroatoms. The molecule has 2 fully saturated rings. The van der Waals surface area contributed by atoms with Crippen LogP contribution in [0.2, 0.25) is 0 Å². The van der Waals surface area contributed by atoms with Crippen LogP contribution in [-0.2, 0) is 14.8 Å². The van der Waals surface area contributed by atoms with Crippen molar-refractivity contribution in [2.45, 2.75) is 24.3 Å². The Morgan fingerprint density at radius 2 is 1.72 bits per heavy atom. The summed E-state index contributed by atoms with van der Waals surface area (Å²) in [6, 6.07) is 14.4. The highest BCUT2D eigenvalue weighted by molar-refractivity contribution is 7.89. The van der Waals surface area contributed by atoms with Gasteiger partial charge in [0.05, 0.1) is 24.0 Å². The van der Waals surface area contributed by atoms with Gasteiger partial charge in [0.2, 0.25) is 15.9 Å². The molecule has 0 spiro atoms. The molecule has 2 aliphatic rings. The molecule has 0 aromatic heterocycles. The van der Waals surface area contributed by atoms with E-state index in [0.29, 0.717) is 44.0 Å². The van der Waals surface area contributed by atoms with Crippen LogP contribution in [0.15, 0.2) is 53.4 Å². The Labute approximate surface area is 189 Å². The van der Waals surface area contributed by atoms with E-state index in [1.807, 2.05) is 31.2 Å². The van der Waals surface area contributed by atoms with Crippen LogP contribution in [0.3, 0.4) is 0 Å². The minimum absolute atomic E-state index is 0.0397. The summed E-state index contributed by atoms with van der Waals surface area (Å²) >= 11 is 0. The number of methoxy groups -OCH3 is 1. The summed E-state index contributed by atoms with van der Waals surface area (Å²) in [5.74, 6) is 0.548. The topological polar surface area (TPSA) is 91.0 Å². The Bertz CT molecular complexity index is 1040. The van der Waals surface area contributed by atoms with E-state index in [4.69, 9.17) is 4.74 Å². The summed E-state index contributed by atoms with van der Waals surface area (Å²) in [6.45, 7) is 4.08. The molecule has 8 nitrogen and oxygen atoms in total. The van der Waals surface area contributed by atoms with Gasteiger partial charge in [-0.25, -0.2) is 13.8 Å². The van der Waals surface area contributed by atoms with Crippen LogP contribution in [0.25, 0.3) is 0 Å². The van der Waals surface area contributed by atoms with Crippen molar-refractivity contribution in [1.29, 1.82) is 0 Å². The lowest BCUT2D eigenvalue weighted by molar-refractivity contribution is -0.135.